The van der Waals surface area contributed by atoms with Crippen LogP contribution in [0.3, 0.4) is 0 Å². The van der Waals surface area contributed by atoms with Crippen molar-refractivity contribution in [3.63, 3.8) is 0 Å². The fourth-order valence-corrected chi connectivity index (χ4v) is 2.61. The van der Waals surface area contributed by atoms with Crippen molar-refractivity contribution in [2.45, 2.75) is 12.5 Å². The Balaban J connectivity index is 2.11. The standard InChI is InChI=1S/C13H16N2S2/c1-14-9-11(15(2)13(17)12(14)16)8-10-6-4-3-5-7-10/h3-7,11H,8-9H2,1-2H3/t11-/m0/s1. The van der Waals surface area contributed by atoms with Crippen LogP contribution in [0.15, 0.2) is 30.3 Å². The predicted octanol–water partition coefficient (Wildman–Crippen LogP) is 2.13. The van der Waals surface area contributed by atoms with E-state index in [9.17, 15) is 0 Å². The summed E-state index contributed by atoms with van der Waals surface area (Å²) in [4.78, 5) is 5.78. The number of thiocarbonyl (C=S) groups is 2. The van der Waals surface area contributed by atoms with Crippen molar-refractivity contribution in [2.75, 3.05) is 20.6 Å². The van der Waals surface area contributed by atoms with E-state index in [-0.39, 0.29) is 0 Å². The van der Waals surface area contributed by atoms with Crippen LogP contribution >= 0.6 is 24.4 Å². The van der Waals surface area contributed by atoms with Gasteiger partial charge in [-0.25, -0.2) is 0 Å². The summed E-state index contributed by atoms with van der Waals surface area (Å²) in [5.74, 6) is 0. The highest BCUT2D eigenvalue weighted by molar-refractivity contribution is 7.89. The lowest BCUT2D eigenvalue weighted by molar-refractivity contribution is 0.288. The van der Waals surface area contributed by atoms with E-state index in [1.165, 1.54) is 5.56 Å². The van der Waals surface area contributed by atoms with Crippen LogP contribution in [0.25, 0.3) is 0 Å². The number of likely N-dealkylation sites (N-methyl/N-ethyl adjacent to an activating group) is 2. The van der Waals surface area contributed by atoms with Gasteiger partial charge in [-0.2, -0.15) is 0 Å². The molecule has 1 heterocycles. The molecular weight excluding hydrogens is 248 g/mol. The van der Waals surface area contributed by atoms with E-state index < -0.39 is 0 Å². The SMILES string of the molecule is CN1C[C@H](Cc2ccccc2)N(C)C(=S)C1=S. The first-order valence-electron chi connectivity index (χ1n) is 5.66. The molecule has 1 atom stereocenters. The van der Waals surface area contributed by atoms with Gasteiger partial charge in [0.05, 0.1) is 6.04 Å². The Morgan fingerprint density at radius 2 is 1.76 bits per heavy atom. The average molecular weight is 264 g/mol. The Hall–Kier alpha value is -1.00. The Kier molecular flexibility index (Phi) is 3.74. The summed E-state index contributed by atoms with van der Waals surface area (Å²) in [5.41, 5.74) is 1.34. The van der Waals surface area contributed by atoms with Crippen LogP contribution in [0.2, 0.25) is 0 Å². The molecule has 17 heavy (non-hydrogen) atoms. The monoisotopic (exact) mass is 264 g/mol. The van der Waals surface area contributed by atoms with Gasteiger partial charge in [0.15, 0.2) is 0 Å². The molecule has 1 aliphatic rings. The van der Waals surface area contributed by atoms with E-state index in [2.05, 4.69) is 34.1 Å². The number of nitrogens with zero attached hydrogens (tertiary/aromatic N) is 2. The topological polar surface area (TPSA) is 6.48 Å². The number of rotatable bonds is 2. The third-order valence-corrected chi connectivity index (χ3v) is 4.31. The summed E-state index contributed by atoms with van der Waals surface area (Å²) in [5, 5.41) is 0. The highest BCUT2D eigenvalue weighted by atomic mass is 32.1. The van der Waals surface area contributed by atoms with Gasteiger partial charge in [0.1, 0.15) is 9.98 Å². The Bertz CT molecular complexity index is 430. The molecule has 0 unspecified atom stereocenters. The smallest absolute Gasteiger partial charge is 0.136 e. The minimum Gasteiger partial charge on any atom is -0.361 e. The first-order valence-corrected chi connectivity index (χ1v) is 6.47. The molecule has 4 heteroatoms. The number of benzene rings is 1. The van der Waals surface area contributed by atoms with E-state index in [1.807, 2.05) is 20.2 Å². The fraction of sp³-hybridized carbons (Fsp3) is 0.385. The van der Waals surface area contributed by atoms with E-state index in [0.29, 0.717) is 6.04 Å². The van der Waals surface area contributed by atoms with Gasteiger partial charge >= 0.3 is 0 Å². The summed E-state index contributed by atoms with van der Waals surface area (Å²) in [6, 6.07) is 10.9. The number of piperazine rings is 1. The molecule has 2 nitrogen and oxygen atoms in total. The second-order valence-corrected chi connectivity index (χ2v) is 5.22. The Labute approximate surface area is 113 Å². The quantitative estimate of drug-likeness (QED) is 0.755. The van der Waals surface area contributed by atoms with Crippen molar-refractivity contribution in [2.24, 2.45) is 0 Å². The van der Waals surface area contributed by atoms with Crippen LogP contribution in [-0.2, 0) is 6.42 Å². The first-order chi connectivity index (χ1) is 8.09. The zero-order valence-electron chi connectivity index (χ0n) is 10.1. The molecule has 0 radical (unpaired) electrons. The van der Waals surface area contributed by atoms with Gasteiger partial charge in [-0.1, -0.05) is 54.8 Å². The highest BCUT2D eigenvalue weighted by Crippen LogP contribution is 2.15. The Morgan fingerprint density at radius 3 is 2.41 bits per heavy atom. The first kappa shape index (κ1) is 12.5. The summed E-state index contributed by atoms with van der Waals surface area (Å²) in [6.45, 7) is 0.935. The van der Waals surface area contributed by atoms with E-state index in [0.717, 1.165) is 22.9 Å². The molecule has 0 bridgehead atoms. The maximum atomic E-state index is 5.36. The molecule has 90 valence electrons. The van der Waals surface area contributed by atoms with Crippen LogP contribution in [0, 0.1) is 0 Å². The molecule has 1 aliphatic heterocycles. The molecule has 0 aromatic heterocycles. The molecule has 1 fully saturated rings. The van der Waals surface area contributed by atoms with Crippen LogP contribution < -0.4 is 0 Å². The molecule has 0 aliphatic carbocycles. The highest BCUT2D eigenvalue weighted by Gasteiger charge is 2.29. The molecule has 1 aromatic rings. The average Bonchev–Trinajstić information content (AvgIpc) is 2.35. The van der Waals surface area contributed by atoms with Gasteiger partial charge in [0, 0.05) is 20.6 Å². The summed E-state index contributed by atoms with van der Waals surface area (Å²) in [6.07, 6.45) is 1.00. The van der Waals surface area contributed by atoms with E-state index >= 15 is 0 Å². The molecule has 0 amide bonds. The van der Waals surface area contributed by atoms with Crippen LogP contribution in [-0.4, -0.2) is 46.5 Å². The molecule has 0 spiro atoms. The summed E-state index contributed by atoms with van der Waals surface area (Å²) in [7, 11) is 4.05. The van der Waals surface area contributed by atoms with Crippen LogP contribution in [0.1, 0.15) is 5.56 Å². The van der Waals surface area contributed by atoms with Gasteiger partial charge in [-0.15, -0.1) is 0 Å². The van der Waals surface area contributed by atoms with E-state index in [1.54, 1.807) is 0 Å². The minimum absolute atomic E-state index is 0.404. The third kappa shape index (κ3) is 2.64. The van der Waals surface area contributed by atoms with Gasteiger partial charge in [-0.05, 0) is 12.0 Å². The lowest BCUT2D eigenvalue weighted by Gasteiger charge is -2.40. The van der Waals surface area contributed by atoms with Crippen LogP contribution in [0.4, 0.5) is 0 Å². The maximum absolute atomic E-state index is 5.36. The minimum atomic E-state index is 0.404. The molecule has 0 saturated carbocycles. The zero-order chi connectivity index (χ0) is 12.4. The van der Waals surface area contributed by atoms with Crippen molar-refractivity contribution >= 4 is 34.4 Å². The lowest BCUT2D eigenvalue weighted by atomic mass is 10.0. The van der Waals surface area contributed by atoms with Crippen molar-refractivity contribution in [1.29, 1.82) is 0 Å². The van der Waals surface area contributed by atoms with Gasteiger partial charge in [0.2, 0.25) is 0 Å². The fourth-order valence-electron chi connectivity index (χ4n) is 2.09. The van der Waals surface area contributed by atoms with Gasteiger partial charge in [-0.3, -0.25) is 0 Å². The molecule has 0 N–H and O–H groups in total. The summed E-state index contributed by atoms with van der Waals surface area (Å²) >= 11 is 10.7. The van der Waals surface area contributed by atoms with Gasteiger partial charge in [0.25, 0.3) is 0 Å². The van der Waals surface area contributed by atoms with Crippen molar-refractivity contribution in [3.8, 4) is 0 Å². The molecule has 1 aromatic carbocycles. The van der Waals surface area contributed by atoms with E-state index in [4.69, 9.17) is 24.4 Å². The maximum Gasteiger partial charge on any atom is 0.136 e. The largest absolute Gasteiger partial charge is 0.361 e. The predicted molar refractivity (Wildman–Crippen MR) is 79.5 cm³/mol. The van der Waals surface area contributed by atoms with Crippen LogP contribution in [0.5, 0.6) is 0 Å². The Morgan fingerprint density at radius 1 is 1.12 bits per heavy atom. The third-order valence-electron chi connectivity index (χ3n) is 3.20. The second kappa shape index (κ2) is 5.10. The second-order valence-electron chi connectivity index (χ2n) is 4.45. The summed E-state index contributed by atoms with van der Waals surface area (Å²) < 4.78 is 0. The van der Waals surface area contributed by atoms with Crippen molar-refractivity contribution in [1.82, 2.24) is 9.80 Å². The molecular formula is C13H16N2S2. The number of hydrogen-bond donors (Lipinski definition) is 0. The molecule has 1 saturated heterocycles. The van der Waals surface area contributed by atoms with Crippen molar-refractivity contribution in [3.05, 3.63) is 35.9 Å². The zero-order valence-corrected chi connectivity index (χ0v) is 11.7. The lowest BCUT2D eigenvalue weighted by Crippen LogP contribution is -2.56. The number of hydrogen-bond acceptors (Lipinski definition) is 2. The van der Waals surface area contributed by atoms with Gasteiger partial charge < -0.3 is 9.80 Å². The van der Waals surface area contributed by atoms with Crippen molar-refractivity contribution < 1.29 is 0 Å². The normalized spacial score (nSPS) is 20.9. The molecule has 2 rings (SSSR count).